The second-order valence-electron chi connectivity index (χ2n) is 5.52. The third-order valence-electron chi connectivity index (χ3n) is 4.08. The molecule has 1 aromatic rings. The normalized spacial score (nSPS) is 18.6. The Hall–Kier alpha value is -0.990. The fourth-order valence-corrected chi connectivity index (χ4v) is 4.56. The largest absolute Gasteiger partial charge is 0.392 e. The molecule has 1 heterocycles. The summed E-state index contributed by atoms with van der Waals surface area (Å²) >= 11 is 5.12. The van der Waals surface area contributed by atoms with Gasteiger partial charge in [-0.25, -0.2) is 13.4 Å². The van der Waals surface area contributed by atoms with Crippen molar-refractivity contribution in [1.29, 1.82) is 0 Å². The number of nitrogens with zero attached hydrogens (tertiary/aromatic N) is 2. The number of rotatable bonds is 5. The zero-order chi connectivity index (χ0) is 15.7. The Kier molecular flexibility index (Phi) is 4.69. The highest BCUT2D eigenvalue weighted by molar-refractivity contribution is 7.89. The first-order valence-electron chi connectivity index (χ1n) is 7.18. The Balaban J connectivity index is 2.32. The molecule has 0 saturated heterocycles. The molecular formula is C13H22N4O2S2. The molecule has 8 heteroatoms. The van der Waals surface area contributed by atoms with E-state index in [1.807, 2.05) is 6.92 Å². The van der Waals surface area contributed by atoms with Crippen LogP contribution in [0.25, 0.3) is 0 Å². The summed E-state index contributed by atoms with van der Waals surface area (Å²) in [6.45, 7) is 4.40. The minimum atomic E-state index is -3.72. The molecule has 0 bridgehead atoms. The highest BCUT2D eigenvalue weighted by atomic mass is 32.2. The SMILES string of the molecule is CCn1cc(S(=O)(=O)NC2(C(N)=S)CCCCC2)nc1C. The van der Waals surface area contributed by atoms with Crippen molar-refractivity contribution in [2.45, 2.75) is 63.1 Å². The lowest BCUT2D eigenvalue weighted by Crippen LogP contribution is -2.57. The molecule has 0 amide bonds. The third kappa shape index (κ3) is 3.27. The molecule has 0 atom stereocenters. The van der Waals surface area contributed by atoms with Crippen molar-refractivity contribution in [1.82, 2.24) is 14.3 Å². The molecule has 6 nitrogen and oxygen atoms in total. The lowest BCUT2D eigenvalue weighted by molar-refractivity contribution is 0.353. The maximum absolute atomic E-state index is 12.6. The van der Waals surface area contributed by atoms with E-state index in [4.69, 9.17) is 18.0 Å². The molecule has 0 radical (unpaired) electrons. The molecule has 0 aliphatic heterocycles. The lowest BCUT2D eigenvalue weighted by Gasteiger charge is -2.36. The van der Waals surface area contributed by atoms with Crippen LogP contribution in [-0.2, 0) is 16.6 Å². The minimum Gasteiger partial charge on any atom is -0.392 e. The highest BCUT2D eigenvalue weighted by Gasteiger charge is 2.39. The van der Waals surface area contributed by atoms with Crippen LogP contribution in [0, 0.1) is 6.92 Å². The van der Waals surface area contributed by atoms with Gasteiger partial charge < -0.3 is 10.3 Å². The van der Waals surface area contributed by atoms with Gasteiger partial charge in [0.25, 0.3) is 10.0 Å². The number of thiocarbonyl (C=S) groups is 1. The van der Waals surface area contributed by atoms with Gasteiger partial charge in [-0.05, 0) is 26.7 Å². The predicted octanol–water partition coefficient (Wildman–Crippen LogP) is 1.48. The second-order valence-corrected chi connectivity index (χ2v) is 7.59. The van der Waals surface area contributed by atoms with Crippen LogP contribution in [0.4, 0.5) is 0 Å². The van der Waals surface area contributed by atoms with Crippen LogP contribution in [-0.4, -0.2) is 28.5 Å². The maximum Gasteiger partial charge on any atom is 0.260 e. The topological polar surface area (TPSA) is 90.0 Å². The van der Waals surface area contributed by atoms with Crippen LogP contribution in [0.3, 0.4) is 0 Å². The van der Waals surface area contributed by atoms with E-state index in [1.54, 1.807) is 17.7 Å². The van der Waals surface area contributed by atoms with E-state index in [0.29, 0.717) is 25.2 Å². The maximum atomic E-state index is 12.6. The van der Waals surface area contributed by atoms with E-state index in [0.717, 1.165) is 19.3 Å². The molecule has 2 rings (SSSR count). The van der Waals surface area contributed by atoms with Crippen LogP contribution in [0.2, 0.25) is 0 Å². The van der Waals surface area contributed by atoms with Crippen molar-refractivity contribution in [3.8, 4) is 0 Å². The molecule has 3 N–H and O–H groups in total. The molecule has 0 spiro atoms. The van der Waals surface area contributed by atoms with Crippen molar-refractivity contribution >= 4 is 27.2 Å². The fraction of sp³-hybridized carbons (Fsp3) is 0.692. The van der Waals surface area contributed by atoms with E-state index >= 15 is 0 Å². The molecule has 1 saturated carbocycles. The van der Waals surface area contributed by atoms with Gasteiger partial charge in [0.15, 0.2) is 5.03 Å². The van der Waals surface area contributed by atoms with Crippen molar-refractivity contribution in [3.63, 3.8) is 0 Å². The fourth-order valence-electron chi connectivity index (χ4n) is 2.79. The van der Waals surface area contributed by atoms with Gasteiger partial charge in [0.1, 0.15) is 5.82 Å². The van der Waals surface area contributed by atoms with Crippen LogP contribution in [0.15, 0.2) is 11.2 Å². The van der Waals surface area contributed by atoms with Crippen LogP contribution >= 0.6 is 12.2 Å². The number of nitrogens with one attached hydrogen (secondary N) is 1. The number of hydrogen-bond acceptors (Lipinski definition) is 4. The number of imidazole rings is 1. The first-order valence-corrected chi connectivity index (χ1v) is 9.07. The molecule has 1 aliphatic carbocycles. The molecule has 1 aromatic heterocycles. The van der Waals surface area contributed by atoms with Crippen LogP contribution in [0.5, 0.6) is 0 Å². The van der Waals surface area contributed by atoms with Gasteiger partial charge in [0.05, 0.1) is 10.5 Å². The Labute approximate surface area is 131 Å². The van der Waals surface area contributed by atoms with Gasteiger partial charge >= 0.3 is 0 Å². The van der Waals surface area contributed by atoms with Gasteiger partial charge in [0.2, 0.25) is 0 Å². The van der Waals surface area contributed by atoms with Gasteiger partial charge in [-0.3, -0.25) is 0 Å². The summed E-state index contributed by atoms with van der Waals surface area (Å²) in [6, 6.07) is 0. The summed E-state index contributed by atoms with van der Waals surface area (Å²) in [5, 5.41) is 0.0306. The van der Waals surface area contributed by atoms with Gasteiger partial charge in [-0.15, -0.1) is 0 Å². The first-order chi connectivity index (χ1) is 9.81. The number of aromatic nitrogens is 2. The van der Waals surface area contributed by atoms with Crippen molar-refractivity contribution in [3.05, 3.63) is 12.0 Å². The first kappa shape index (κ1) is 16.4. The number of aryl methyl sites for hydroxylation is 2. The van der Waals surface area contributed by atoms with E-state index in [-0.39, 0.29) is 10.0 Å². The van der Waals surface area contributed by atoms with E-state index in [2.05, 4.69) is 9.71 Å². The molecule has 0 aromatic carbocycles. The Morgan fingerprint density at radius 1 is 1.48 bits per heavy atom. The minimum absolute atomic E-state index is 0.0306. The summed E-state index contributed by atoms with van der Waals surface area (Å²) in [6.07, 6.45) is 5.76. The number of sulfonamides is 1. The van der Waals surface area contributed by atoms with E-state index in [9.17, 15) is 8.42 Å². The second kappa shape index (κ2) is 6.02. The molecular weight excluding hydrogens is 308 g/mol. The molecule has 118 valence electrons. The lowest BCUT2D eigenvalue weighted by atomic mass is 9.82. The average molecular weight is 330 g/mol. The molecule has 1 aliphatic rings. The average Bonchev–Trinajstić information content (AvgIpc) is 2.81. The van der Waals surface area contributed by atoms with Crippen molar-refractivity contribution in [2.24, 2.45) is 5.73 Å². The summed E-state index contributed by atoms with van der Waals surface area (Å²) in [5.74, 6) is 0.672. The van der Waals surface area contributed by atoms with Crippen molar-refractivity contribution in [2.75, 3.05) is 0 Å². The van der Waals surface area contributed by atoms with Crippen LogP contribution in [0.1, 0.15) is 44.9 Å². The molecule has 1 fully saturated rings. The van der Waals surface area contributed by atoms with Crippen molar-refractivity contribution < 1.29 is 8.42 Å². The van der Waals surface area contributed by atoms with E-state index < -0.39 is 15.6 Å². The van der Waals surface area contributed by atoms with Crippen LogP contribution < -0.4 is 10.5 Å². The number of hydrogen-bond donors (Lipinski definition) is 2. The summed E-state index contributed by atoms with van der Waals surface area (Å²) < 4.78 is 29.7. The van der Waals surface area contributed by atoms with E-state index in [1.165, 1.54) is 0 Å². The zero-order valence-corrected chi connectivity index (χ0v) is 14.1. The Morgan fingerprint density at radius 2 is 2.10 bits per heavy atom. The monoisotopic (exact) mass is 330 g/mol. The summed E-state index contributed by atoms with van der Waals surface area (Å²) in [5.41, 5.74) is 5.02. The van der Waals surface area contributed by atoms with Gasteiger partial charge in [-0.1, -0.05) is 31.5 Å². The molecule has 21 heavy (non-hydrogen) atoms. The third-order valence-corrected chi connectivity index (χ3v) is 5.88. The quantitative estimate of drug-likeness (QED) is 0.798. The Bertz CT molecular complexity index is 631. The number of nitrogens with two attached hydrogens (primary N) is 1. The zero-order valence-electron chi connectivity index (χ0n) is 12.4. The summed E-state index contributed by atoms with van der Waals surface area (Å²) in [4.78, 5) is 4.36. The Morgan fingerprint density at radius 3 is 2.57 bits per heavy atom. The predicted molar refractivity (Wildman–Crippen MR) is 85.6 cm³/mol. The van der Waals surface area contributed by atoms with Gasteiger partial charge in [-0.2, -0.15) is 4.72 Å². The summed E-state index contributed by atoms with van der Waals surface area (Å²) in [7, 11) is -3.72. The van der Waals surface area contributed by atoms with Gasteiger partial charge in [0, 0.05) is 12.7 Å². The molecule has 0 unspecified atom stereocenters. The standard InChI is InChI=1S/C13H22N4O2S2/c1-3-17-9-11(15-10(17)2)21(18,19)16-13(12(14)20)7-5-4-6-8-13/h9,16H,3-8H2,1-2H3,(H2,14,20). The highest BCUT2D eigenvalue weighted by Crippen LogP contribution is 2.30. The smallest absolute Gasteiger partial charge is 0.260 e.